The zero-order valence-electron chi connectivity index (χ0n) is 15.8. The van der Waals surface area contributed by atoms with Crippen molar-refractivity contribution < 1.29 is 4.79 Å². The van der Waals surface area contributed by atoms with Crippen LogP contribution in [0.15, 0.2) is 60.8 Å². The molecule has 0 aliphatic heterocycles. The van der Waals surface area contributed by atoms with Gasteiger partial charge in [0, 0.05) is 24.0 Å². The van der Waals surface area contributed by atoms with Gasteiger partial charge < -0.3 is 16.0 Å². The number of aryl methyl sites for hydroxylation is 1. The number of benzene rings is 1. The predicted molar refractivity (Wildman–Crippen MR) is 117 cm³/mol. The van der Waals surface area contributed by atoms with E-state index in [4.69, 9.17) is 0 Å². The molecule has 29 heavy (non-hydrogen) atoms. The summed E-state index contributed by atoms with van der Waals surface area (Å²) >= 11 is 1.50. The summed E-state index contributed by atoms with van der Waals surface area (Å²) in [6.45, 7) is 3.05. The Morgan fingerprint density at radius 1 is 0.966 bits per heavy atom. The molecule has 0 saturated carbocycles. The number of carbonyl (C=O) groups is 1. The molecule has 0 fully saturated rings. The van der Waals surface area contributed by atoms with Gasteiger partial charge >= 0.3 is 0 Å². The zero-order valence-corrected chi connectivity index (χ0v) is 16.7. The molecule has 0 unspecified atom stereocenters. The van der Waals surface area contributed by atoms with Crippen molar-refractivity contribution in [3.05, 3.63) is 71.2 Å². The van der Waals surface area contributed by atoms with Crippen LogP contribution in [0.4, 0.5) is 17.5 Å². The maximum absolute atomic E-state index is 12.3. The summed E-state index contributed by atoms with van der Waals surface area (Å²) in [5.41, 5.74) is 1.12. The topological polar surface area (TPSA) is 91.8 Å². The van der Waals surface area contributed by atoms with Crippen molar-refractivity contribution in [1.29, 1.82) is 0 Å². The molecule has 3 N–H and O–H groups in total. The van der Waals surface area contributed by atoms with Crippen molar-refractivity contribution in [1.82, 2.24) is 20.5 Å². The van der Waals surface area contributed by atoms with E-state index >= 15 is 0 Å². The van der Waals surface area contributed by atoms with Crippen LogP contribution < -0.4 is 16.0 Å². The Morgan fingerprint density at radius 3 is 2.59 bits per heavy atom. The summed E-state index contributed by atoms with van der Waals surface area (Å²) in [6.07, 6.45) is 1.74. The number of amides is 1. The SMILES string of the molecule is Cc1ccnc(Nc2ccc(NCCNC(=O)c3cc4ccccc4s3)nn2)c1. The second-order valence-electron chi connectivity index (χ2n) is 6.48. The smallest absolute Gasteiger partial charge is 0.261 e. The summed E-state index contributed by atoms with van der Waals surface area (Å²) in [6, 6.07) is 17.4. The summed E-state index contributed by atoms with van der Waals surface area (Å²) in [5.74, 6) is 1.92. The van der Waals surface area contributed by atoms with Gasteiger partial charge in [0.25, 0.3) is 5.91 Å². The number of hydrogen-bond donors (Lipinski definition) is 3. The molecule has 0 atom stereocenters. The fourth-order valence-corrected chi connectivity index (χ4v) is 3.76. The number of aromatic nitrogens is 3. The Labute approximate surface area is 172 Å². The third-order valence-corrected chi connectivity index (χ3v) is 5.32. The van der Waals surface area contributed by atoms with Crippen molar-refractivity contribution in [2.45, 2.75) is 6.92 Å². The van der Waals surface area contributed by atoms with Crippen LogP contribution in [0.25, 0.3) is 10.1 Å². The van der Waals surface area contributed by atoms with Gasteiger partial charge in [-0.05, 0) is 54.3 Å². The molecule has 0 spiro atoms. The second kappa shape index (κ2) is 8.66. The standard InChI is InChI=1S/C21H20N6OS/c1-14-8-9-22-20(12-14)25-19-7-6-18(26-27-19)23-10-11-24-21(28)17-13-15-4-2-3-5-16(15)29-17/h2-9,12-13H,10-11H2,1H3,(H,23,26)(H,24,28)(H,22,25,27). The van der Waals surface area contributed by atoms with Crippen molar-refractivity contribution >= 4 is 44.8 Å². The third kappa shape index (κ3) is 4.85. The molecular weight excluding hydrogens is 384 g/mol. The van der Waals surface area contributed by atoms with Gasteiger partial charge in [0.05, 0.1) is 4.88 Å². The number of carbonyl (C=O) groups excluding carboxylic acids is 1. The quantitative estimate of drug-likeness (QED) is 0.404. The first-order valence-electron chi connectivity index (χ1n) is 9.21. The van der Waals surface area contributed by atoms with Crippen LogP contribution >= 0.6 is 11.3 Å². The molecule has 8 heteroatoms. The first kappa shape index (κ1) is 18.8. The normalized spacial score (nSPS) is 10.7. The van der Waals surface area contributed by atoms with Gasteiger partial charge in [-0.25, -0.2) is 4.98 Å². The Balaban J connectivity index is 1.24. The second-order valence-corrected chi connectivity index (χ2v) is 7.56. The summed E-state index contributed by atoms with van der Waals surface area (Å²) in [5, 5.41) is 18.6. The molecule has 3 aromatic heterocycles. The number of thiophene rings is 1. The molecule has 0 aliphatic carbocycles. The Hall–Kier alpha value is -3.52. The van der Waals surface area contributed by atoms with E-state index in [-0.39, 0.29) is 5.91 Å². The van der Waals surface area contributed by atoms with Crippen molar-refractivity contribution in [3.63, 3.8) is 0 Å². The van der Waals surface area contributed by atoms with Crippen LogP contribution in [-0.2, 0) is 0 Å². The van der Waals surface area contributed by atoms with E-state index in [2.05, 4.69) is 31.1 Å². The van der Waals surface area contributed by atoms with Gasteiger partial charge in [0.15, 0.2) is 5.82 Å². The van der Waals surface area contributed by atoms with Gasteiger partial charge in [-0.15, -0.1) is 21.5 Å². The zero-order chi connectivity index (χ0) is 20.1. The Kier molecular flexibility index (Phi) is 5.62. The van der Waals surface area contributed by atoms with E-state index in [0.717, 1.165) is 21.5 Å². The van der Waals surface area contributed by atoms with Crippen LogP contribution in [0.5, 0.6) is 0 Å². The highest BCUT2D eigenvalue weighted by molar-refractivity contribution is 7.20. The average Bonchev–Trinajstić information content (AvgIpc) is 3.17. The van der Waals surface area contributed by atoms with Crippen LogP contribution in [0.3, 0.4) is 0 Å². The minimum absolute atomic E-state index is 0.0655. The molecule has 7 nitrogen and oxygen atoms in total. The summed E-state index contributed by atoms with van der Waals surface area (Å²) in [7, 11) is 0. The molecule has 4 rings (SSSR count). The highest BCUT2D eigenvalue weighted by atomic mass is 32.1. The first-order chi connectivity index (χ1) is 14.2. The first-order valence-corrected chi connectivity index (χ1v) is 10.0. The number of anilines is 3. The van der Waals surface area contributed by atoms with Gasteiger partial charge in [-0.2, -0.15) is 0 Å². The molecule has 0 bridgehead atoms. The lowest BCUT2D eigenvalue weighted by Crippen LogP contribution is -2.28. The van der Waals surface area contributed by atoms with Crippen molar-refractivity contribution in [2.24, 2.45) is 0 Å². The Morgan fingerprint density at radius 2 is 1.79 bits per heavy atom. The van der Waals surface area contributed by atoms with Crippen LogP contribution in [-0.4, -0.2) is 34.2 Å². The number of rotatable bonds is 7. The molecule has 146 valence electrons. The van der Waals surface area contributed by atoms with E-state index in [1.165, 1.54) is 11.3 Å². The maximum Gasteiger partial charge on any atom is 0.261 e. The summed E-state index contributed by atoms with van der Waals surface area (Å²) < 4.78 is 1.11. The lowest BCUT2D eigenvalue weighted by atomic mass is 10.2. The fourth-order valence-electron chi connectivity index (χ4n) is 2.78. The maximum atomic E-state index is 12.3. The molecule has 1 aromatic carbocycles. The largest absolute Gasteiger partial charge is 0.367 e. The number of fused-ring (bicyclic) bond motifs is 1. The van der Waals surface area contributed by atoms with Gasteiger partial charge in [-0.3, -0.25) is 4.79 Å². The van der Waals surface area contributed by atoms with Gasteiger partial charge in [0.2, 0.25) is 0 Å². The lowest BCUT2D eigenvalue weighted by Gasteiger charge is -2.08. The van der Waals surface area contributed by atoms with E-state index < -0.39 is 0 Å². The molecule has 0 saturated heterocycles. The molecule has 4 aromatic rings. The average molecular weight is 404 g/mol. The monoisotopic (exact) mass is 404 g/mol. The molecule has 1 amide bonds. The Bertz CT molecular complexity index is 1090. The highest BCUT2D eigenvalue weighted by Gasteiger charge is 2.09. The van der Waals surface area contributed by atoms with Gasteiger partial charge in [-0.1, -0.05) is 18.2 Å². The number of nitrogens with zero attached hydrogens (tertiary/aromatic N) is 3. The minimum atomic E-state index is -0.0655. The summed E-state index contributed by atoms with van der Waals surface area (Å²) in [4.78, 5) is 17.3. The lowest BCUT2D eigenvalue weighted by molar-refractivity contribution is 0.0959. The van der Waals surface area contributed by atoms with Gasteiger partial charge in [0.1, 0.15) is 11.6 Å². The van der Waals surface area contributed by atoms with Crippen molar-refractivity contribution in [3.8, 4) is 0 Å². The number of hydrogen-bond acceptors (Lipinski definition) is 7. The molecule has 3 heterocycles. The van der Waals surface area contributed by atoms with E-state index in [1.807, 2.05) is 61.5 Å². The highest BCUT2D eigenvalue weighted by Crippen LogP contribution is 2.25. The number of nitrogens with one attached hydrogen (secondary N) is 3. The van der Waals surface area contributed by atoms with E-state index in [1.54, 1.807) is 6.20 Å². The van der Waals surface area contributed by atoms with Crippen LogP contribution in [0.1, 0.15) is 15.2 Å². The molecular formula is C21H20N6OS. The van der Waals surface area contributed by atoms with E-state index in [9.17, 15) is 4.79 Å². The third-order valence-electron chi connectivity index (χ3n) is 4.20. The fraction of sp³-hybridized carbons (Fsp3) is 0.143. The molecule has 0 aliphatic rings. The van der Waals surface area contributed by atoms with Crippen LogP contribution in [0.2, 0.25) is 0 Å². The predicted octanol–water partition coefficient (Wildman–Crippen LogP) is 3.98. The van der Waals surface area contributed by atoms with E-state index in [0.29, 0.717) is 29.6 Å². The van der Waals surface area contributed by atoms with Crippen molar-refractivity contribution in [2.75, 3.05) is 23.7 Å². The number of pyridine rings is 1. The minimum Gasteiger partial charge on any atom is -0.367 e. The molecule has 0 radical (unpaired) electrons. The van der Waals surface area contributed by atoms with Crippen LogP contribution in [0, 0.1) is 6.92 Å².